The molecule has 4 nitrogen and oxygen atoms in total. The van der Waals surface area contributed by atoms with E-state index in [-0.39, 0.29) is 5.56 Å². The van der Waals surface area contributed by atoms with E-state index in [1.807, 2.05) is 70.2 Å². The molecule has 0 aliphatic heterocycles. The molecule has 0 aliphatic carbocycles. The summed E-state index contributed by atoms with van der Waals surface area (Å²) in [4.78, 5) is 13.0. The van der Waals surface area contributed by atoms with Crippen LogP contribution in [0.4, 0.5) is 0 Å². The normalized spacial score (nSPS) is 10.1. The third kappa shape index (κ3) is 3.91. The van der Waals surface area contributed by atoms with Crippen molar-refractivity contribution in [2.45, 2.75) is 41.2 Å². The first-order chi connectivity index (χ1) is 13.2. The van der Waals surface area contributed by atoms with Crippen LogP contribution in [-0.4, -0.2) is 9.72 Å². The van der Waals surface area contributed by atoms with Gasteiger partial charge in [0.15, 0.2) is 0 Å². The first-order valence-corrected chi connectivity index (χ1v) is 9.65. The maximum atomic E-state index is 13.0. The molecule has 0 unspecified atom stereocenters. The first kappa shape index (κ1) is 20.7. The lowest BCUT2D eigenvalue weighted by Gasteiger charge is -2.12. The standard InChI is InChI=1S/C18H13ClN2O2.2C2H6/c1-11-15-17(20-23-11)16-13(19)8-5-9-14(16)21(18(15)22)10-12-6-3-2-4-7-12;2*1-2/h2-9H,10H2,1H3;2*1-2H3. The van der Waals surface area contributed by atoms with Crippen molar-refractivity contribution in [1.29, 1.82) is 0 Å². The molecule has 142 valence electrons. The van der Waals surface area contributed by atoms with Crippen molar-refractivity contribution in [2.75, 3.05) is 0 Å². The van der Waals surface area contributed by atoms with Crippen molar-refractivity contribution in [3.63, 3.8) is 0 Å². The van der Waals surface area contributed by atoms with E-state index in [2.05, 4.69) is 5.16 Å². The Morgan fingerprint density at radius 3 is 2.30 bits per heavy atom. The molecule has 0 saturated carbocycles. The lowest BCUT2D eigenvalue weighted by Crippen LogP contribution is -2.21. The van der Waals surface area contributed by atoms with Crippen LogP contribution in [0.15, 0.2) is 57.8 Å². The van der Waals surface area contributed by atoms with E-state index in [9.17, 15) is 4.79 Å². The highest BCUT2D eigenvalue weighted by atomic mass is 35.5. The van der Waals surface area contributed by atoms with Gasteiger partial charge in [-0.1, -0.05) is 80.9 Å². The Kier molecular flexibility index (Phi) is 7.19. The van der Waals surface area contributed by atoms with Gasteiger partial charge in [-0.05, 0) is 24.6 Å². The number of benzene rings is 2. The number of aryl methyl sites for hydroxylation is 1. The van der Waals surface area contributed by atoms with Crippen LogP contribution in [0.25, 0.3) is 21.8 Å². The summed E-state index contributed by atoms with van der Waals surface area (Å²) in [5, 5.41) is 5.84. The van der Waals surface area contributed by atoms with Crippen LogP contribution in [-0.2, 0) is 6.54 Å². The molecule has 0 bridgehead atoms. The molecule has 5 heteroatoms. The third-order valence-electron chi connectivity index (χ3n) is 4.02. The Labute approximate surface area is 164 Å². The van der Waals surface area contributed by atoms with Gasteiger partial charge in [-0.2, -0.15) is 0 Å². The summed E-state index contributed by atoms with van der Waals surface area (Å²) < 4.78 is 6.97. The number of pyridine rings is 1. The average molecular weight is 385 g/mol. The zero-order valence-electron chi connectivity index (χ0n) is 16.4. The van der Waals surface area contributed by atoms with Gasteiger partial charge in [-0.25, -0.2) is 0 Å². The molecule has 4 rings (SSSR count). The number of rotatable bonds is 2. The minimum Gasteiger partial charge on any atom is -0.360 e. The van der Waals surface area contributed by atoms with Gasteiger partial charge in [-0.3, -0.25) is 4.79 Å². The number of hydrogen-bond donors (Lipinski definition) is 0. The summed E-state index contributed by atoms with van der Waals surface area (Å²) in [6.45, 7) is 10.2. The molecular weight excluding hydrogens is 360 g/mol. The van der Waals surface area contributed by atoms with Crippen LogP contribution in [0.1, 0.15) is 39.0 Å². The van der Waals surface area contributed by atoms with Crippen LogP contribution < -0.4 is 5.56 Å². The van der Waals surface area contributed by atoms with E-state index in [0.29, 0.717) is 28.2 Å². The number of fused-ring (bicyclic) bond motifs is 3. The van der Waals surface area contributed by atoms with E-state index >= 15 is 0 Å². The van der Waals surface area contributed by atoms with Crippen molar-refractivity contribution in [1.82, 2.24) is 9.72 Å². The molecular formula is C22H25ClN2O2. The predicted molar refractivity (Wildman–Crippen MR) is 114 cm³/mol. The minimum atomic E-state index is -0.114. The van der Waals surface area contributed by atoms with Gasteiger partial charge >= 0.3 is 0 Å². The molecule has 2 aromatic heterocycles. The summed E-state index contributed by atoms with van der Waals surface area (Å²) >= 11 is 6.38. The Morgan fingerprint density at radius 1 is 0.963 bits per heavy atom. The maximum absolute atomic E-state index is 13.0. The minimum absolute atomic E-state index is 0.114. The molecule has 2 aromatic carbocycles. The van der Waals surface area contributed by atoms with Crippen molar-refractivity contribution in [3.05, 3.63) is 75.2 Å². The van der Waals surface area contributed by atoms with E-state index in [1.165, 1.54) is 0 Å². The Bertz CT molecular complexity index is 1080. The van der Waals surface area contributed by atoms with E-state index in [4.69, 9.17) is 16.1 Å². The monoisotopic (exact) mass is 384 g/mol. The van der Waals surface area contributed by atoms with Crippen LogP contribution in [0.2, 0.25) is 5.02 Å². The van der Waals surface area contributed by atoms with Crippen molar-refractivity contribution in [3.8, 4) is 0 Å². The Balaban J connectivity index is 0.000000614. The zero-order valence-corrected chi connectivity index (χ0v) is 17.2. The molecule has 0 saturated heterocycles. The topological polar surface area (TPSA) is 48.0 Å². The Hall–Kier alpha value is -2.59. The van der Waals surface area contributed by atoms with Gasteiger partial charge in [0.25, 0.3) is 5.56 Å². The SMILES string of the molecule is CC.CC.Cc1onc2c1c(=O)n(Cc1ccccc1)c1cccc(Cl)c21. The molecule has 27 heavy (non-hydrogen) atoms. The van der Waals surface area contributed by atoms with Crippen LogP contribution in [0, 0.1) is 6.92 Å². The van der Waals surface area contributed by atoms with Crippen molar-refractivity contribution >= 4 is 33.4 Å². The molecule has 0 amide bonds. The summed E-state index contributed by atoms with van der Waals surface area (Å²) in [5.74, 6) is 0.508. The highest BCUT2D eigenvalue weighted by molar-refractivity contribution is 6.37. The summed E-state index contributed by atoms with van der Waals surface area (Å²) in [6.07, 6.45) is 0. The summed E-state index contributed by atoms with van der Waals surface area (Å²) in [5.41, 5.74) is 2.21. The number of aromatic nitrogens is 2. The molecule has 0 aliphatic rings. The number of halogens is 1. The second-order valence-corrected chi connectivity index (χ2v) is 5.88. The lowest BCUT2D eigenvalue weighted by molar-refractivity contribution is 0.406. The highest BCUT2D eigenvalue weighted by Gasteiger charge is 2.18. The van der Waals surface area contributed by atoms with Gasteiger partial charge in [0, 0.05) is 5.39 Å². The van der Waals surface area contributed by atoms with Gasteiger partial charge in [0.05, 0.1) is 17.1 Å². The molecule has 0 fully saturated rings. The van der Waals surface area contributed by atoms with E-state index < -0.39 is 0 Å². The molecule has 0 spiro atoms. The third-order valence-corrected chi connectivity index (χ3v) is 4.34. The second kappa shape index (κ2) is 9.38. The smallest absolute Gasteiger partial charge is 0.264 e. The van der Waals surface area contributed by atoms with Crippen molar-refractivity contribution in [2.24, 2.45) is 0 Å². The van der Waals surface area contributed by atoms with E-state index in [0.717, 1.165) is 16.5 Å². The predicted octanol–water partition coefficient (Wildman–Crippen LogP) is 6.21. The molecule has 0 radical (unpaired) electrons. The van der Waals surface area contributed by atoms with Gasteiger partial charge in [-0.15, -0.1) is 0 Å². The van der Waals surface area contributed by atoms with Crippen LogP contribution in [0.5, 0.6) is 0 Å². The first-order valence-electron chi connectivity index (χ1n) is 9.28. The fraction of sp³-hybridized carbons (Fsp3) is 0.273. The lowest BCUT2D eigenvalue weighted by atomic mass is 10.1. The second-order valence-electron chi connectivity index (χ2n) is 5.47. The van der Waals surface area contributed by atoms with Crippen LogP contribution >= 0.6 is 11.6 Å². The fourth-order valence-corrected chi connectivity index (χ4v) is 3.19. The van der Waals surface area contributed by atoms with Crippen LogP contribution in [0.3, 0.4) is 0 Å². The quantitative estimate of drug-likeness (QED) is 0.413. The molecule has 2 heterocycles. The number of nitrogens with zero attached hydrogens (tertiary/aromatic N) is 2. The largest absolute Gasteiger partial charge is 0.360 e. The number of hydrogen-bond acceptors (Lipinski definition) is 3. The van der Waals surface area contributed by atoms with E-state index in [1.54, 1.807) is 17.6 Å². The van der Waals surface area contributed by atoms with Gasteiger partial charge < -0.3 is 9.09 Å². The van der Waals surface area contributed by atoms with Gasteiger partial charge in [0.2, 0.25) is 0 Å². The summed E-state index contributed by atoms with van der Waals surface area (Å²) in [6, 6.07) is 15.4. The molecule has 0 N–H and O–H groups in total. The van der Waals surface area contributed by atoms with Gasteiger partial charge in [0.1, 0.15) is 16.7 Å². The molecule has 4 aromatic rings. The zero-order chi connectivity index (χ0) is 20.0. The van der Waals surface area contributed by atoms with Crippen molar-refractivity contribution < 1.29 is 4.52 Å². The molecule has 0 atom stereocenters. The Morgan fingerprint density at radius 2 is 1.63 bits per heavy atom. The average Bonchev–Trinajstić information content (AvgIpc) is 3.10. The fourth-order valence-electron chi connectivity index (χ4n) is 2.93. The maximum Gasteiger partial charge on any atom is 0.264 e. The highest BCUT2D eigenvalue weighted by Crippen LogP contribution is 2.30. The summed E-state index contributed by atoms with van der Waals surface area (Å²) in [7, 11) is 0.